The minimum Gasteiger partial charge on any atom is -0.496 e. The molecule has 9 heteroatoms. The Balaban J connectivity index is 1.66. The summed E-state index contributed by atoms with van der Waals surface area (Å²) in [7, 11) is -2.36. The molecule has 0 radical (unpaired) electrons. The molecule has 3 rings (SSSR count). The first-order valence-electron chi connectivity index (χ1n) is 9.68. The van der Waals surface area contributed by atoms with E-state index in [9.17, 15) is 13.2 Å². The molecule has 2 aromatic rings. The molecule has 1 aliphatic rings. The quantitative estimate of drug-likeness (QED) is 0.621. The fourth-order valence-electron chi connectivity index (χ4n) is 3.20. The lowest BCUT2D eigenvalue weighted by Gasteiger charge is -2.18. The Morgan fingerprint density at radius 3 is 2.57 bits per heavy atom. The molecule has 0 aliphatic carbocycles. The Bertz CT molecular complexity index is 1020. The van der Waals surface area contributed by atoms with Crippen LogP contribution in [0.4, 0.5) is 0 Å². The Hall–Kier alpha value is -2.29. The van der Waals surface area contributed by atoms with Gasteiger partial charge in [0.1, 0.15) is 18.1 Å². The first-order chi connectivity index (χ1) is 14.3. The van der Waals surface area contributed by atoms with Crippen molar-refractivity contribution in [3.8, 4) is 11.5 Å². The highest BCUT2D eigenvalue weighted by atomic mass is 35.5. The summed E-state index contributed by atoms with van der Waals surface area (Å²) in [5, 5.41) is 0.585. The van der Waals surface area contributed by atoms with Crippen molar-refractivity contribution < 1.29 is 22.7 Å². The van der Waals surface area contributed by atoms with Crippen LogP contribution in [0.25, 0.3) is 0 Å². The van der Waals surface area contributed by atoms with Crippen molar-refractivity contribution in [2.45, 2.75) is 24.7 Å². The average molecular weight is 453 g/mol. The normalized spacial score (nSPS) is 14.0. The van der Waals surface area contributed by atoms with Crippen molar-refractivity contribution >= 4 is 27.5 Å². The van der Waals surface area contributed by atoms with Gasteiger partial charge in [0, 0.05) is 24.7 Å². The monoisotopic (exact) mass is 452 g/mol. The number of carbonyl (C=O) groups excluding carboxylic acids is 1. The van der Waals surface area contributed by atoms with Gasteiger partial charge in [-0.2, -0.15) is 0 Å². The third-order valence-electron chi connectivity index (χ3n) is 4.91. The highest BCUT2D eigenvalue weighted by Gasteiger charge is 2.25. The zero-order valence-electron chi connectivity index (χ0n) is 17.0. The van der Waals surface area contributed by atoms with Crippen LogP contribution >= 0.6 is 11.6 Å². The van der Waals surface area contributed by atoms with Crippen LogP contribution in [0.15, 0.2) is 41.3 Å². The van der Waals surface area contributed by atoms with Gasteiger partial charge in [0.2, 0.25) is 10.0 Å². The maximum absolute atomic E-state index is 12.8. The molecule has 0 saturated carbocycles. The van der Waals surface area contributed by atoms with E-state index in [0.717, 1.165) is 18.4 Å². The highest BCUT2D eigenvalue weighted by molar-refractivity contribution is 7.89. The number of methoxy groups -OCH3 is 1. The Kier molecular flexibility index (Phi) is 7.23. The van der Waals surface area contributed by atoms with E-state index in [1.807, 2.05) is 13.0 Å². The molecule has 7 nitrogen and oxygen atoms in total. The smallest absolute Gasteiger partial charge is 0.257 e. The predicted molar refractivity (Wildman–Crippen MR) is 115 cm³/mol. The van der Waals surface area contributed by atoms with E-state index in [4.69, 9.17) is 21.1 Å². The molecule has 1 saturated heterocycles. The largest absolute Gasteiger partial charge is 0.496 e. The number of amides is 1. The molecule has 0 unspecified atom stereocenters. The van der Waals surface area contributed by atoms with Crippen molar-refractivity contribution in [1.29, 1.82) is 0 Å². The molecule has 0 bridgehead atoms. The van der Waals surface area contributed by atoms with Crippen molar-refractivity contribution in [2.75, 3.05) is 33.4 Å². The van der Waals surface area contributed by atoms with E-state index in [1.165, 1.54) is 25.3 Å². The number of likely N-dealkylation sites (tertiary alicyclic amines) is 1. The van der Waals surface area contributed by atoms with Crippen LogP contribution in [0.5, 0.6) is 11.5 Å². The van der Waals surface area contributed by atoms with Crippen LogP contribution in [-0.4, -0.2) is 52.6 Å². The molecule has 1 amide bonds. The van der Waals surface area contributed by atoms with Gasteiger partial charge in [-0.05, 0) is 55.7 Å². The Morgan fingerprint density at radius 1 is 1.17 bits per heavy atom. The summed E-state index contributed by atoms with van der Waals surface area (Å²) in [6.45, 7) is 3.41. The van der Waals surface area contributed by atoms with Crippen LogP contribution in [0.3, 0.4) is 0 Å². The molecule has 0 spiro atoms. The highest BCUT2D eigenvalue weighted by Crippen LogP contribution is 2.25. The lowest BCUT2D eigenvalue weighted by Crippen LogP contribution is -2.30. The maximum Gasteiger partial charge on any atom is 0.257 e. The molecule has 0 atom stereocenters. The van der Waals surface area contributed by atoms with Gasteiger partial charge in [-0.15, -0.1) is 0 Å². The van der Waals surface area contributed by atoms with Gasteiger partial charge in [0.05, 0.1) is 17.6 Å². The van der Waals surface area contributed by atoms with Crippen LogP contribution in [0.2, 0.25) is 5.02 Å². The molecule has 162 valence electrons. The van der Waals surface area contributed by atoms with Gasteiger partial charge in [0.15, 0.2) is 0 Å². The molecule has 1 heterocycles. The molecule has 1 fully saturated rings. The van der Waals surface area contributed by atoms with Crippen molar-refractivity contribution in [3.63, 3.8) is 0 Å². The van der Waals surface area contributed by atoms with E-state index in [1.54, 1.807) is 17.0 Å². The fourth-order valence-corrected chi connectivity index (χ4v) is 4.41. The summed E-state index contributed by atoms with van der Waals surface area (Å²) in [5.41, 5.74) is 1.18. The summed E-state index contributed by atoms with van der Waals surface area (Å²) in [5.74, 6) is 0.694. The number of aryl methyl sites for hydroxylation is 1. The summed E-state index contributed by atoms with van der Waals surface area (Å²) in [6.07, 6.45) is 1.89. The third-order valence-corrected chi connectivity index (χ3v) is 6.78. The molecule has 30 heavy (non-hydrogen) atoms. The standard InChI is InChI=1S/C21H25ClN2O5S/c1-15-5-6-16(13-19(15)22)29-12-9-23-30(26,27)17-7-8-20(28-2)18(14-17)21(25)24-10-3-4-11-24/h5-8,13-14,23H,3-4,9-12H2,1-2H3. The molecule has 2 aromatic carbocycles. The predicted octanol–water partition coefficient (Wildman–Crippen LogP) is 3.25. The van der Waals surface area contributed by atoms with Gasteiger partial charge in [-0.3, -0.25) is 4.79 Å². The number of carbonyl (C=O) groups is 1. The summed E-state index contributed by atoms with van der Waals surface area (Å²) in [6, 6.07) is 9.58. The molecule has 1 aliphatic heterocycles. The van der Waals surface area contributed by atoms with Crippen LogP contribution in [-0.2, 0) is 10.0 Å². The number of nitrogens with zero attached hydrogens (tertiary/aromatic N) is 1. The van der Waals surface area contributed by atoms with Crippen LogP contribution < -0.4 is 14.2 Å². The van der Waals surface area contributed by atoms with E-state index in [0.29, 0.717) is 29.6 Å². The second-order valence-corrected chi connectivity index (χ2v) is 9.19. The van der Waals surface area contributed by atoms with Crippen molar-refractivity contribution in [3.05, 3.63) is 52.5 Å². The number of sulfonamides is 1. The van der Waals surface area contributed by atoms with Crippen molar-refractivity contribution in [1.82, 2.24) is 9.62 Å². The maximum atomic E-state index is 12.8. The van der Waals surface area contributed by atoms with Gasteiger partial charge in [-0.25, -0.2) is 13.1 Å². The number of hydrogen-bond donors (Lipinski definition) is 1. The number of ether oxygens (including phenoxy) is 2. The SMILES string of the molecule is COc1ccc(S(=O)(=O)NCCOc2ccc(C)c(Cl)c2)cc1C(=O)N1CCCC1. The molecular formula is C21H25ClN2O5S. The zero-order valence-corrected chi connectivity index (χ0v) is 18.6. The fraction of sp³-hybridized carbons (Fsp3) is 0.381. The van der Waals surface area contributed by atoms with E-state index >= 15 is 0 Å². The average Bonchev–Trinajstić information content (AvgIpc) is 3.27. The van der Waals surface area contributed by atoms with Gasteiger partial charge < -0.3 is 14.4 Å². The number of hydrogen-bond acceptors (Lipinski definition) is 5. The number of halogens is 1. The van der Waals surface area contributed by atoms with Crippen LogP contribution in [0.1, 0.15) is 28.8 Å². The number of rotatable bonds is 8. The number of nitrogens with one attached hydrogen (secondary N) is 1. The van der Waals surface area contributed by atoms with Gasteiger partial charge in [-0.1, -0.05) is 17.7 Å². The first kappa shape index (κ1) is 22.4. The van der Waals surface area contributed by atoms with Crippen LogP contribution in [0, 0.1) is 6.92 Å². The zero-order chi connectivity index (χ0) is 21.7. The van der Waals surface area contributed by atoms with E-state index in [2.05, 4.69) is 4.72 Å². The lowest BCUT2D eigenvalue weighted by atomic mass is 10.1. The first-order valence-corrected chi connectivity index (χ1v) is 11.5. The minimum absolute atomic E-state index is 0.00391. The van der Waals surface area contributed by atoms with E-state index < -0.39 is 10.0 Å². The second-order valence-electron chi connectivity index (χ2n) is 7.02. The van der Waals surface area contributed by atoms with Gasteiger partial charge >= 0.3 is 0 Å². The molecular weight excluding hydrogens is 428 g/mol. The van der Waals surface area contributed by atoms with E-state index in [-0.39, 0.29) is 29.5 Å². The Morgan fingerprint density at radius 2 is 1.90 bits per heavy atom. The summed E-state index contributed by atoms with van der Waals surface area (Å²) < 4.78 is 38.7. The third kappa shape index (κ3) is 5.24. The van der Waals surface area contributed by atoms with Crippen molar-refractivity contribution in [2.24, 2.45) is 0 Å². The lowest BCUT2D eigenvalue weighted by molar-refractivity contribution is 0.0789. The molecule has 1 N–H and O–H groups in total. The topological polar surface area (TPSA) is 84.9 Å². The minimum atomic E-state index is -3.82. The summed E-state index contributed by atoms with van der Waals surface area (Å²) in [4.78, 5) is 14.5. The Labute approximate surface area is 182 Å². The van der Waals surface area contributed by atoms with Gasteiger partial charge in [0.25, 0.3) is 5.91 Å². The number of benzene rings is 2. The second kappa shape index (κ2) is 9.68. The molecule has 0 aromatic heterocycles. The summed E-state index contributed by atoms with van der Waals surface area (Å²) >= 11 is 6.06.